The van der Waals surface area contributed by atoms with Gasteiger partial charge in [-0.05, 0) is 43.6 Å². The summed E-state index contributed by atoms with van der Waals surface area (Å²) in [5.41, 5.74) is 8.41. The van der Waals surface area contributed by atoms with E-state index in [1.165, 1.54) is 12.8 Å². The Morgan fingerprint density at radius 1 is 1.26 bits per heavy atom. The van der Waals surface area contributed by atoms with Crippen molar-refractivity contribution in [2.24, 2.45) is 17.1 Å². The van der Waals surface area contributed by atoms with Crippen LogP contribution in [0.4, 0.5) is 4.39 Å². The van der Waals surface area contributed by atoms with Crippen molar-refractivity contribution in [1.29, 1.82) is 0 Å². The topological polar surface area (TPSA) is 26.0 Å². The van der Waals surface area contributed by atoms with Crippen LogP contribution in [0.25, 0.3) is 0 Å². The number of rotatable bonds is 4. The van der Waals surface area contributed by atoms with Crippen LogP contribution in [0.5, 0.6) is 0 Å². The van der Waals surface area contributed by atoms with E-state index in [2.05, 4.69) is 13.8 Å². The Morgan fingerprint density at radius 3 is 2.47 bits per heavy atom. The van der Waals surface area contributed by atoms with Crippen LogP contribution in [0.1, 0.15) is 63.1 Å². The smallest absolute Gasteiger partial charge is 0.128 e. The van der Waals surface area contributed by atoms with Crippen molar-refractivity contribution in [3.05, 3.63) is 35.1 Å². The van der Waals surface area contributed by atoms with E-state index < -0.39 is 0 Å². The zero-order valence-electron chi connectivity index (χ0n) is 12.4. The van der Waals surface area contributed by atoms with Gasteiger partial charge < -0.3 is 5.73 Å². The van der Waals surface area contributed by atoms with Crippen LogP contribution in [-0.4, -0.2) is 0 Å². The van der Waals surface area contributed by atoms with E-state index in [1.54, 1.807) is 6.07 Å². The lowest BCUT2D eigenvalue weighted by atomic mass is 9.70. The second-order valence-corrected chi connectivity index (χ2v) is 6.67. The molecule has 0 aromatic heterocycles. The summed E-state index contributed by atoms with van der Waals surface area (Å²) < 4.78 is 14.1. The summed E-state index contributed by atoms with van der Waals surface area (Å²) in [6.45, 7) is 6.47. The molecular weight excluding hydrogens is 237 g/mol. The molecule has 0 saturated heterocycles. The highest BCUT2D eigenvalue weighted by Gasteiger charge is 2.41. The fraction of sp³-hybridized carbons (Fsp3) is 0.647. The number of benzene rings is 1. The number of hydrogen-bond donors (Lipinski definition) is 1. The number of aryl methyl sites for hydroxylation is 1. The largest absolute Gasteiger partial charge is 0.323 e. The van der Waals surface area contributed by atoms with Gasteiger partial charge in [-0.3, -0.25) is 0 Å². The zero-order valence-corrected chi connectivity index (χ0v) is 12.4. The molecule has 0 amide bonds. The Labute approximate surface area is 116 Å². The van der Waals surface area contributed by atoms with Crippen molar-refractivity contribution >= 4 is 0 Å². The van der Waals surface area contributed by atoms with Crippen LogP contribution in [0.15, 0.2) is 18.2 Å². The average molecular weight is 263 g/mol. The molecule has 1 aliphatic carbocycles. The minimum atomic E-state index is -0.169. The van der Waals surface area contributed by atoms with Crippen molar-refractivity contribution < 1.29 is 4.39 Å². The number of nitrogens with two attached hydrogens (primary N) is 1. The predicted octanol–water partition coefficient (Wildman–Crippen LogP) is 4.74. The van der Waals surface area contributed by atoms with E-state index in [0.717, 1.165) is 24.8 Å². The molecule has 0 aliphatic heterocycles. The first-order valence-corrected chi connectivity index (χ1v) is 7.46. The lowest BCUT2D eigenvalue weighted by Gasteiger charge is -2.37. The van der Waals surface area contributed by atoms with Gasteiger partial charge in [0.2, 0.25) is 0 Å². The third kappa shape index (κ3) is 3.00. The van der Waals surface area contributed by atoms with Gasteiger partial charge >= 0.3 is 0 Å². The second-order valence-electron chi connectivity index (χ2n) is 6.67. The van der Waals surface area contributed by atoms with E-state index in [4.69, 9.17) is 5.73 Å². The lowest BCUT2D eigenvalue weighted by Crippen LogP contribution is -2.34. The van der Waals surface area contributed by atoms with Crippen LogP contribution < -0.4 is 5.73 Å². The molecule has 2 N–H and O–H groups in total. The van der Waals surface area contributed by atoms with Crippen molar-refractivity contribution in [2.75, 3.05) is 0 Å². The minimum Gasteiger partial charge on any atom is -0.323 e. The number of hydrogen-bond acceptors (Lipinski definition) is 1. The molecule has 1 nitrogen and oxygen atoms in total. The molecule has 0 heterocycles. The summed E-state index contributed by atoms with van der Waals surface area (Å²) in [6.07, 6.45) is 5.84. The van der Waals surface area contributed by atoms with Crippen LogP contribution in [0.2, 0.25) is 0 Å². The van der Waals surface area contributed by atoms with E-state index >= 15 is 0 Å². The maximum atomic E-state index is 14.1. The molecule has 0 spiro atoms. The first-order chi connectivity index (χ1) is 8.94. The van der Waals surface area contributed by atoms with Gasteiger partial charge in [-0.2, -0.15) is 0 Å². The summed E-state index contributed by atoms with van der Waals surface area (Å²) in [4.78, 5) is 0. The molecule has 2 rings (SSSR count). The molecule has 2 heteroatoms. The van der Waals surface area contributed by atoms with E-state index in [1.807, 2.05) is 19.1 Å². The van der Waals surface area contributed by atoms with Gasteiger partial charge in [0.1, 0.15) is 5.82 Å². The summed E-state index contributed by atoms with van der Waals surface area (Å²) >= 11 is 0. The predicted molar refractivity (Wildman–Crippen MR) is 78.4 cm³/mol. The first-order valence-electron chi connectivity index (χ1n) is 7.46. The van der Waals surface area contributed by atoms with Crippen LogP contribution in [0, 0.1) is 24.1 Å². The molecule has 1 unspecified atom stereocenters. The number of halogens is 1. The van der Waals surface area contributed by atoms with E-state index in [9.17, 15) is 4.39 Å². The summed E-state index contributed by atoms with van der Waals surface area (Å²) in [6, 6.07) is 5.13. The van der Waals surface area contributed by atoms with Gasteiger partial charge in [0.25, 0.3) is 0 Å². The molecule has 1 atom stereocenters. The van der Waals surface area contributed by atoms with Crippen molar-refractivity contribution in [3.63, 3.8) is 0 Å². The molecule has 106 valence electrons. The third-order valence-corrected chi connectivity index (χ3v) is 4.56. The normalized spacial score (nSPS) is 19.9. The monoisotopic (exact) mass is 263 g/mol. The highest BCUT2D eigenvalue weighted by Crippen LogP contribution is 2.51. The Hall–Kier alpha value is -0.890. The molecule has 1 aromatic rings. The fourth-order valence-corrected chi connectivity index (χ4v) is 3.77. The average Bonchev–Trinajstić information content (AvgIpc) is 2.80. The maximum absolute atomic E-state index is 14.1. The van der Waals surface area contributed by atoms with Gasteiger partial charge in [0.15, 0.2) is 0 Å². The zero-order chi connectivity index (χ0) is 14.0. The van der Waals surface area contributed by atoms with E-state index in [-0.39, 0.29) is 17.3 Å². The molecule has 19 heavy (non-hydrogen) atoms. The second kappa shape index (κ2) is 5.62. The standard InChI is InChI=1S/C17H26FN/c1-12(2)11-17(8-4-5-9-17)16(19)14-10-13(3)6-7-15(14)18/h6-7,10,12,16H,4-5,8-9,11,19H2,1-3H3. The van der Waals surface area contributed by atoms with E-state index in [0.29, 0.717) is 11.5 Å². The Kier molecular flexibility index (Phi) is 4.29. The molecule has 1 fully saturated rings. The van der Waals surface area contributed by atoms with Crippen molar-refractivity contribution in [1.82, 2.24) is 0 Å². The lowest BCUT2D eigenvalue weighted by molar-refractivity contribution is 0.180. The van der Waals surface area contributed by atoms with Crippen molar-refractivity contribution in [2.45, 2.75) is 58.9 Å². The van der Waals surface area contributed by atoms with Gasteiger partial charge in [-0.15, -0.1) is 0 Å². The summed E-state index contributed by atoms with van der Waals surface area (Å²) in [5.74, 6) is 0.463. The fourth-order valence-electron chi connectivity index (χ4n) is 3.77. The first kappa shape index (κ1) is 14.5. The summed E-state index contributed by atoms with van der Waals surface area (Å²) in [5, 5.41) is 0. The molecule has 1 saturated carbocycles. The minimum absolute atomic E-state index is 0.100. The molecule has 1 aliphatic rings. The highest BCUT2D eigenvalue weighted by atomic mass is 19.1. The van der Waals surface area contributed by atoms with Crippen molar-refractivity contribution in [3.8, 4) is 0 Å². The highest BCUT2D eigenvalue weighted by molar-refractivity contribution is 5.28. The summed E-state index contributed by atoms with van der Waals surface area (Å²) in [7, 11) is 0. The van der Waals surface area contributed by atoms with Gasteiger partial charge in [0, 0.05) is 11.6 Å². The third-order valence-electron chi connectivity index (χ3n) is 4.56. The van der Waals surface area contributed by atoms with Crippen LogP contribution in [-0.2, 0) is 0 Å². The molecule has 1 aromatic carbocycles. The Bertz CT molecular complexity index is 433. The van der Waals surface area contributed by atoms with Gasteiger partial charge in [0.05, 0.1) is 0 Å². The Morgan fingerprint density at radius 2 is 1.89 bits per heavy atom. The maximum Gasteiger partial charge on any atom is 0.128 e. The van der Waals surface area contributed by atoms with Crippen LogP contribution >= 0.6 is 0 Å². The SMILES string of the molecule is Cc1ccc(F)c(C(N)C2(CC(C)C)CCCC2)c1. The molecule has 0 radical (unpaired) electrons. The quantitative estimate of drug-likeness (QED) is 0.834. The molecule has 0 bridgehead atoms. The molecular formula is C17H26FN. The van der Waals surface area contributed by atoms with Crippen LogP contribution in [0.3, 0.4) is 0 Å². The van der Waals surface area contributed by atoms with Gasteiger partial charge in [-0.25, -0.2) is 4.39 Å². The Balaban J connectivity index is 2.33. The van der Waals surface area contributed by atoms with Gasteiger partial charge in [-0.1, -0.05) is 44.4 Å².